The van der Waals surface area contributed by atoms with Crippen molar-refractivity contribution in [1.82, 2.24) is 5.32 Å². The van der Waals surface area contributed by atoms with Crippen LogP contribution in [0.25, 0.3) is 11.0 Å². The first-order valence-corrected chi connectivity index (χ1v) is 7.71. The lowest BCUT2D eigenvalue weighted by Gasteiger charge is -2.29. The zero-order valence-corrected chi connectivity index (χ0v) is 13.4. The van der Waals surface area contributed by atoms with E-state index in [2.05, 4.69) is 64.2 Å². The first-order chi connectivity index (χ1) is 9.45. The summed E-state index contributed by atoms with van der Waals surface area (Å²) in [5, 5.41) is 4.77. The molecule has 0 aliphatic carbocycles. The van der Waals surface area contributed by atoms with Crippen molar-refractivity contribution in [3.05, 3.63) is 35.6 Å². The van der Waals surface area contributed by atoms with E-state index in [9.17, 15) is 0 Å². The quantitative estimate of drug-likeness (QED) is 0.821. The minimum Gasteiger partial charge on any atom is -0.459 e. The predicted octanol–water partition coefficient (Wildman–Crippen LogP) is 5.08. The molecule has 1 heterocycles. The number of nitrogens with one attached hydrogen (secondary N) is 1. The van der Waals surface area contributed by atoms with Gasteiger partial charge in [0.05, 0.1) is 6.04 Å². The highest BCUT2D eigenvalue weighted by atomic mass is 16.3. The highest BCUT2D eigenvalue weighted by Crippen LogP contribution is 2.35. The van der Waals surface area contributed by atoms with Gasteiger partial charge in [0, 0.05) is 5.39 Å². The average molecular weight is 273 g/mol. The summed E-state index contributed by atoms with van der Waals surface area (Å²) in [6, 6.07) is 8.99. The molecule has 1 unspecified atom stereocenters. The molecule has 2 nitrogen and oxygen atoms in total. The molecule has 2 aromatic rings. The predicted molar refractivity (Wildman–Crippen MR) is 86.1 cm³/mol. The van der Waals surface area contributed by atoms with Crippen molar-refractivity contribution in [2.24, 2.45) is 5.41 Å². The number of rotatable bonds is 5. The SMILES string of the molecule is CCCc1ccc2oc(C(NCC)C(C)(C)C)cc2c1. The van der Waals surface area contributed by atoms with E-state index in [1.807, 2.05) is 0 Å². The molecule has 2 heteroatoms. The maximum absolute atomic E-state index is 6.08. The minimum atomic E-state index is 0.135. The van der Waals surface area contributed by atoms with Crippen molar-refractivity contribution in [2.75, 3.05) is 6.54 Å². The van der Waals surface area contributed by atoms with Crippen molar-refractivity contribution in [2.45, 2.75) is 53.5 Å². The van der Waals surface area contributed by atoms with Crippen LogP contribution in [0, 0.1) is 5.41 Å². The summed E-state index contributed by atoms with van der Waals surface area (Å²) in [7, 11) is 0. The van der Waals surface area contributed by atoms with Gasteiger partial charge in [-0.05, 0) is 42.1 Å². The van der Waals surface area contributed by atoms with Crippen LogP contribution in [-0.4, -0.2) is 6.54 Å². The molecule has 0 aliphatic heterocycles. The molecule has 0 bridgehead atoms. The lowest BCUT2D eigenvalue weighted by Crippen LogP contribution is -2.31. The Balaban J connectivity index is 2.38. The molecule has 1 aromatic heterocycles. The van der Waals surface area contributed by atoms with Crippen LogP contribution in [0.4, 0.5) is 0 Å². The van der Waals surface area contributed by atoms with Gasteiger partial charge in [-0.2, -0.15) is 0 Å². The second kappa shape index (κ2) is 6.01. The largest absolute Gasteiger partial charge is 0.459 e. The van der Waals surface area contributed by atoms with Crippen molar-refractivity contribution in [3.63, 3.8) is 0 Å². The molecule has 2 rings (SSSR count). The third-order valence-electron chi connectivity index (χ3n) is 3.70. The van der Waals surface area contributed by atoms with Crippen LogP contribution in [0.3, 0.4) is 0 Å². The molecule has 20 heavy (non-hydrogen) atoms. The van der Waals surface area contributed by atoms with E-state index in [-0.39, 0.29) is 11.5 Å². The Hall–Kier alpha value is -1.28. The molecule has 0 amide bonds. The van der Waals surface area contributed by atoms with Gasteiger partial charge in [-0.15, -0.1) is 0 Å². The summed E-state index contributed by atoms with van der Waals surface area (Å²) in [6.07, 6.45) is 2.31. The van der Waals surface area contributed by atoms with Crippen LogP contribution in [0.1, 0.15) is 58.4 Å². The number of fused-ring (bicyclic) bond motifs is 1. The Morgan fingerprint density at radius 3 is 2.50 bits per heavy atom. The summed E-state index contributed by atoms with van der Waals surface area (Å²) in [5.74, 6) is 1.04. The summed E-state index contributed by atoms with van der Waals surface area (Å²) >= 11 is 0. The number of aryl methyl sites for hydroxylation is 1. The van der Waals surface area contributed by atoms with Gasteiger partial charge in [0.1, 0.15) is 11.3 Å². The first kappa shape index (κ1) is 15.1. The zero-order chi connectivity index (χ0) is 14.8. The normalized spacial score (nSPS) is 13.8. The van der Waals surface area contributed by atoms with E-state index < -0.39 is 0 Å². The molecular formula is C18H27NO. The van der Waals surface area contributed by atoms with Gasteiger partial charge in [0.2, 0.25) is 0 Å². The molecule has 1 aromatic carbocycles. The third kappa shape index (κ3) is 3.24. The van der Waals surface area contributed by atoms with Crippen LogP contribution in [0.2, 0.25) is 0 Å². The van der Waals surface area contributed by atoms with Gasteiger partial charge in [0.25, 0.3) is 0 Å². The second-order valence-electron chi connectivity index (χ2n) is 6.63. The van der Waals surface area contributed by atoms with E-state index in [0.717, 1.165) is 24.3 Å². The standard InChI is InChI=1S/C18H27NO/c1-6-8-13-9-10-15-14(11-13)12-16(20-15)17(19-7-2)18(3,4)5/h9-12,17,19H,6-8H2,1-5H3. The van der Waals surface area contributed by atoms with Crippen molar-refractivity contribution < 1.29 is 4.42 Å². The monoisotopic (exact) mass is 273 g/mol. The van der Waals surface area contributed by atoms with Crippen LogP contribution < -0.4 is 5.32 Å². The summed E-state index contributed by atoms with van der Waals surface area (Å²) in [5.41, 5.74) is 2.52. The molecule has 0 saturated heterocycles. The van der Waals surface area contributed by atoms with E-state index >= 15 is 0 Å². The first-order valence-electron chi connectivity index (χ1n) is 7.71. The van der Waals surface area contributed by atoms with E-state index in [0.29, 0.717) is 0 Å². The summed E-state index contributed by atoms with van der Waals surface area (Å²) in [6.45, 7) is 12.0. The zero-order valence-electron chi connectivity index (χ0n) is 13.4. The molecule has 0 spiro atoms. The smallest absolute Gasteiger partial charge is 0.134 e. The molecule has 1 N–H and O–H groups in total. The molecule has 0 fully saturated rings. The summed E-state index contributed by atoms with van der Waals surface area (Å²) < 4.78 is 6.08. The Labute approximate surface area is 122 Å². The molecule has 0 aliphatic rings. The van der Waals surface area contributed by atoms with Crippen LogP contribution in [0.15, 0.2) is 28.7 Å². The fraction of sp³-hybridized carbons (Fsp3) is 0.556. The molecule has 0 saturated carbocycles. The fourth-order valence-electron chi connectivity index (χ4n) is 2.74. The van der Waals surface area contributed by atoms with Gasteiger partial charge >= 0.3 is 0 Å². The van der Waals surface area contributed by atoms with Crippen LogP contribution in [-0.2, 0) is 6.42 Å². The van der Waals surface area contributed by atoms with Gasteiger partial charge in [-0.1, -0.05) is 47.1 Å². The molecular weight excluding hydrogens is 246 g/mol. The Bertz CT molecular complexity index is 562. The third-order valence-corrected chi connectivity index (χ3v) is 3.70. The molecule has 110 valence electrons. The lowest BCUT2D eigenvalue weighted by atomic mass is 9.85. The van der Waals surface area contributed by atoms with Crippen molar-refractivity contribution >= 4 is 11.0 Å². The molecule has 0 radical (unpaired) electrons. The highest BCUT2D eigenvalue weighted by molar-refractivity contribution is 5.78. The van der Waals surface area contributed by atoms with E-state index in [1.165, 1.54) is 17.4 Å². The molecule has 1 atom stereocenters. The second-order valence-corrected chi connectivity index (χ2v) is 6.63. The summed E-state index contributed by atoms with van der Waals surface area (Å²) in [4.78, 5) is 0. The Morgan fingerprint density at radius 1 is 1.15 bits per heavy atom. The van der Waals surface area contributed by atoms with Crippen molar-refractivity contribution in [1.29, 1.82) is 0 Å². The van der Waals surface area contributed by atoms with Crippen molar-refractivity contribution in [3.8, 4) is 0 Å². The van der Waals surface area contributed by atoms with Gasteiger partial charge in [-0.25, -0.2) is 0 Å². The van der Waals surface area contributed by atoms with Crippen LogP contribution in [0.5, 0.6) is 0 Å². The topological polar surface area (TPSA) is 25.2 Å². The number of hydrogen-bond acceptors (Lipinski definition) is 2. The van der Waals surface area contributed by atoms with Gasteiger partial charge in [-0.3, -0.25) is 0 Å². The number of furan rings is 1. The average Bonchev–Trinajstić information content (AvgIpc) is 2.77. The fourth-order valence-corrected chi connectivity index (χ4v) is 2.74. The maximum atomic E-state index is 6.08. The van der Waals surface area contributed by atoms with E-state index in [4.69, 9.17) is 4.42 Å². The maximum Gasteiger partial charge on any atom is 0.134 e. The van der Waals surface area contributed by atoms with Crippen LogP contribution >= 0.6 is 0 Å². The van der Waals surface area contributed by atoms with Gasteiger partial charge < -0.3 is 9.73 Å². The highest BCUT2D eigenvalue weighted by Gasteiger charge is 2.28. The minimum absolute atomic E-state index is 0.135. The van der Waals surface area contributed by atoms with E-state index in [1.54, 1.807) is 0 Å². The Morgan fingerprint density at radius 2 is 1.90 bits per heavy atom. The van der Waals surface area contributed by atoms with Gasteiger partial charge in [0.15, 0.2) is 0 Å². The lowest BCUT2D eigenvalue weighted by molar-refractivity contribution is 0.244. The number of hydrogen-bond donors (Lipinski definition) is 1. The Kier molecular flexibility index (Phi) is 4.54. The number of benzene rings is 1.